The largest absolute Gasteiger partial charge is 0.348 e. The fourth-order valence-electron chi connectivity index (χ4n) is 1.79. The Morgan fingerprint density at radius 2 is 2.16 bits per heavy atom. The maximum atomic E-state index is 11.9. The molecule has 0 unspecified atom stereocenters. The van der Waals surface area contributed by atoms with Crippen LogP contribution < -0.4 is 5.32 Å². The van der Waals surface area contributed by atoms with E-state index in [-0.39, 0.29) is 12.3 Å². The van der Waals surface area contributed by atoms with Crippen molar-refractivity contribution in [2.75, 3.05) is 32.1 Å². The van der Waals surface area contributed by atoms with Crippen LogP contribution >= 0.6 is 11.3 Å². The van der Waals surface area contributed by atoms with Crippen LogP contribution in [0.4, 0.5) is 9.93 Å². The van der Waals surface area contributed by atoms with Gasteiger partial charge in [0.2, 0.25) is 5.13 Å². The van der Waals surface area contributed by atoms with Gasteiger partial charge >= 0.3 is 6.03 Å². The quantitative estimate of drug-likeness (QED) is 0.900. The molecule has 2 heterocycles. The van der Waals surface area contributed by atoms with Gasteiger partial charge in [0.1, 0.15) is 5.01 Å². The second-order valence-corrected chi connectivity index (χ2v) is 5.71. The third-order valence-corrected chi connectivity index (χ3v) is 4.04. The number of hydrogen-bond donors (Lipinski definition) is 1. The topological polar surface area (TPSA) is 76.6 Å². The number of ether oxygens (including phenoxy) is 2. The van der Waals surface area contributed by atoms with E-state index in [1.807, 2.05) is 0 Å². The number of aromatic nitrogens is 2. The molecular weight excluding hydrogens is 268 g/mol. The Morgan fingerprint density at radius 3 is 2.84 bits per heavy atom. The van der Waals surface area contributed by atoms with Gasteiger partial charge in [-0.2, -0.15) is 0 Å². The smallest absolute Gasteiger partial charge is 0.323 e. The summed E-state index contributed by atoms with van der Waals surface area (Å²) in [4.78, 5) is 13.5. The molecule has 1 aliphatic carbocycles. The molecule has 1 aromatic rings. The Hall–Kier alpha value is -1.25. The van der Waals surface area contributed by atoms with Crippen molar-refractivity contribution in [2.45, 2.75) is 25.0 Å². The van der Waals surface area contributed by atoms with Crippen molar-refractivity contribution in [3.05, 3.63) is 5.01 Å². The molecule has 3 rings (SSSR count). The molecule has 1 N–H and O–H groups in total. The summed E-state index contributed by atoms with van der Waals surface area (Å²) in [6.07, 6.45) is 2.03. The van der Waals surface area contributed by atoms with E-state index in [0.29, 0.717) is 30.8 Å². The predicted octanol–water partition coefficient (Wildman–Crippen LogP) is 1.25. The van der Waals surface area contributed by atoms with Crippen molar-refractivity contribution >= 4 is 22.5 Å². The third-order valence-electron chi connectivity index (χ3n) is 3.04. The monoisotopic (exact) mass is 284 g/mol. The van der Waals surface area contributed by atoms with E-state index in [4.69, 9.17) is 9.47 Å². The van der Waals surface area contributed by atoms with Crippen LogP contribution in [0.25, 0.3) is 0 Å². The van der Waals surface area contributed by atoms with Crippen LogP contribution in [0.2, 0.25) is 0 Å². The molecule has 104 valence electrons. The van der Waals surface area contributed by atoms with E-state index >= 15 is 0 Å². The molecular formula is C11H16N4O3S. The Labute approximate surface area is 114 Å². The maximum Gasteiger partial charge on any atom is 0.323 e. The van der Waals surface area contributed by atoms with Gasteiger partial charge in [0, 0.05) is 13.0 Å². The fraction of sp³-hybridized carbons (Fsp3) is 0.727. The van der Waals surface area contributed by atoms with Gasteiger partial charge in [0.05, 0.1) is 19.8 Å². The van der Waals surface area contributed by atoms with E-state index in [1.165, 1.54) is 29.1 Å². The van der Waals surface area contributed by atoms with Crippen molar-refractivity contribution in [1.82, 2.24) is 15.1 Å². The van der Waals surface area contributed by atoms with Crippen molar-refractivity contribution < 1.29 is 14.3 Å². The maximum absolute atomic E-state index is 11.9. The molecule has 2 fully saturated rings. The molecule has 0 radical (unpaired) electrons. The number of anilines is 1. The summed E-state index contributed by atoms with van der Waals surface area (Å²) >= 11 is 1.45. The van der Waals surface area contributed by atoms with Crippen LogP contribution in [-0.2, 0) is 9.47 Å². The van der Waals surface area contributed by atoms with Gasteiger partial charge in [-0.1, -0.05) is 11.3 Å². The summed E-state index contributed by atoms with van der Waals surface area (Å²) in [7, 11) is 1.70. The lowest BCUT2D eigenvalue weighted by Crippen LogP contribution is -2.37. The highest BCUT2D eigenvalue weighted by Gasteiger charge is 2.28. The molecule has 1 aliphatic heterocycles. The van der Waals surface area contributed by atoms with E-state index in [2.05, 4.69) is 15.5 Å². The molecule has 0 atom stereocenters. The molecule has 0 spiro atoms. The fourth-order valence-corrected chi connectivity index (χ4v) is 2.69. The SMILES string of the molecule is CN(CC1OCCO1)C(=O)Nc1nnc(C2CC2)s1. The molecule has 1 saturated carbocycles. The van der Waals surface area contributed by atoms with Gasteiger partial charge in [0.15, 0.2) is 6.29 Å². The highest BCUT2D eigenvalue weighted by Crippen LogP contribution is 2.42. The van der Waals surface area contributed by atoms with E-state index in [9.17, 15) is 4.79 Å². The van der Waals surface area contributed by atoms with E-state index in [0.717, 1.165) is 5.01 Å². The minimum absolute atomic E-state index is 0.224. The minimum atomic E-state index is -0.327. The van der Waals surface area contributed by atoms with Gasteiger partial charge in [-0.05, 0) is 12.8 Å². The summed E-state index contributed by atoms with van der Waals surface area (Å²) in [5.41, 5.74) is 0. The van der Waals surface area contributed by atoms with Gasteiger partial charge in [-0.25, -0.2) is 4.79 Å². The zero-order valence-electron chi connectivity index (χ0n) is 10.7. The first kappa shape index (κ1) is 12.8. The Bertz CT molecular complexity index is 457. The number of amides is 2. The van der Waals surface area contributed by atoms with Crippen molar-refractivity contribution in [2.24, 2.45) is 0 Å². The number of likely N-dealkylation sites (N-methyl/N-ethyl adjacent to an activating group) is 1. The zero-order valence-corrected chi connectivity index (χ0v) is 11.5. The second-order valence-electron chi connectivity index (χ2n) is 4.70. The average Bonchev–Trinajstić information content (AvgIpc) is 2.92. The number of carbonyl (C=O) groups is 1. The normalized spacial score (nSPS) is 19.6. The van der Waals surface area contributed by atoms with Gasteiger partial charge < -0.3 is 14.4 Å². The Morgan fingerprint density at radius 1 is 1.42 bits per heavy atom. The van der Waals surface area contributed by atoms with Gasteiger partial charge in [-0.15, -0.1) is 10.2 Å². The van der Waals surface area contributed by atoms with Crippen molar-refractivity contribution in [1.29, 1.82) is 0 Å². The number of rotatable bonds is 4. The Balaban J connectivity index is 1.50. The first-order valence-corrected chi connectivity index (χ1v) is 7.13. The lowest BCUT2D eigenvalue weighted by molar-refractivity contribution is -0.0518. The average molecular weight is 284 g/mol. The molecule has 7 nitrogen and oxygen atoms in total. The Kier molecular flexibility index (Phi) is 3.63. The molecule has 2 amide bonds. The first-order chi connectivity index (χ1) is 9.22. The molecule has 19 heavy (non-hydrogen) atoms. The van der Waals surface area contributed by atoms with Crippen LogP contribution in [0, 0.1) is 0 Å². The summed E-state index contributed by atoms with van der Waals surface area (Å²) in [5.74, 6) is 0.557. The third kappa shape index (κ3) is 3.20. The summed E-state index contributed by atoms with van der Waals surface area (Å²) in [5, 5.41) is 12.4. The second kappa shape index (κ2) is 5.40. The number of hydrogen-bond acceptors (Lipinski definition) is 6. The summed E-state index contributed by atoms with van der Waals surface area (Å²) < 4.78 is 10.6. The predicted molar refractivity (Wildman–Crippen MR) is 69.2 cm³/mol. The van der Waals surface area contributed by atoms with Gasteiger partial charge in [0.25, 0.3) is 0 Å². The molecule has 1 saturated heterocycles. The van der Waals surface area contributed by atoms with Crippen LogP contribution in [-0.4, -0.2) is 54.2 Å². The number of nitrogens with one attached hydrogen (secondary N) is 1. The van der Waals surface area contributed by atoms with Crippen LogP contribution in [0.1, 0.15) is 23.8 Å². The number of carbonyl (C=O) groups excluding carboxylic acids is 1. The molecule has 0 bridgehead atoms. The highest BCUT2D eigenvalue weighted by atomic mass is 32.1. The van der Waals surface area contributed by atoms with Crippen LogP contribution in [0.3, 0.4) is 0 Å². The first-order valence-electron chi connectivity index (χ1n) is 6.31. The molecule has 8 heteroatoms. The van der Waals surface area contributed by atoms with Crippen LogP contribution in [0.5, 0.6) is 0 Å². The lowest BCUT2D eigenvalue weighted by Gasteiger charge is -2.19. The molecule has 1 aromatic heterocycles. The minimum Gasteiger partial charge on any atom is -0.348 e. The molecule has 2 aliphatic rings. The number of urea groups is 1. The van der Waals surface area contributed by atoms with E-state index < -0.39 is 0 Å². The van der Waals surface area contributed by atoms with E-state index in [1.54, 1.807) is 7.05 Å². The number of nitrogens with zero attached hydrogens (tertiary/aromatic N) is 3. The highest BCUT2D eigenvalue weighted by molar-refractivity contribution is 7.15. The molecule has 0 aromatic carbocycles. The zero-order chi connectivity index (χ0) is 13.2. The van der Waals surface area contributed by atoms with Gasteiger partial charge in [-0.3, -0.25) is 5.32 Å². The summed E-state index contributed by atoms with van der Waals surface area (Å²) in [6.45, 7) is 1.57. The summed E-state index contributed by atoms with van der Waals surface area (Å²) in [6, 6.07) is -0.224. The van der Waals surface area contributed by atoms with Crippen molar-refractivity contribution in [3.8, 4) is 0 Å². The lowest BCUT2D eigenvalue weighted by atomic mass is 10.5. The van der Waals surface area contributed by atoms with Crippen molar-refractivity contribution in [3.63, 3.8) is 0 Å². The van der Waals surface area contributed by atoms with Crippen LogP contribution in [0.15, 0.2) is 0 Å². The standard InChI is InChI=1S/C11H16N4O3S/c1-15(6-8-17-4-5-18-8)11(16)12-10-14-13-9(19-10)7-2-3-7/h7-8H,2-6H2,1H3,(H,12,14,16).